The smallest absolute Gasteiger partial charge is 0.162 e. The molecule has 0 amide bonds. The summed E-state index contributed by atoms with van der Waals surface area (Å²) in [5.74, 6) is 0.771. The van der Waals surface area contributed by atoms with Crippen molar-refractivity contribution in [2.24, 2.45) is 10.8 Å². The van der Waals surface area contributed by atoms with Gasteiger partial charge in [0.15, 0.2) is 11.5 Å². The Hall–Kier alpha value is -1.22. The molecular formula is C15H23NO2. The second-order valence-electron chi connectivity index (χ2n) is 6.23. The van der Waals surface area contributed by atoms with Gasteiger partial charge >= 0.3 is 0 Å². The molecule has 1 aromatic rings. The first kappa shape index (κ1) is 13.2. The lowest BCUT2D eigenvalue weighted by Crippen LogP contribution is -2.21. The Labute approximate surface area is 109 Å². The highest BCUT2D eigenvalue weighted by Gasteiger charge is 2.64. The topological polar surface area (TPSA) is 41.5 Å². The summed E-state index contributed by atoms with van der Waals surface area (Å²) in [6, 6.07) is 6.08. The predicted octanol–water partition coefficient (Wildman–Crippen LogP) is 2.93. The van der Waals surface area contributed by atoms with E-state index < -0.39 is 0 Å². The molecule has 0 unspecified atom stereocenters. The number of hydrogen-bond donors (Lipinski definition) is 2. The molecule has 0 bridgehead atoms. The SMILES string of the molecule is COc1cccc(CNC2C(C)(C)C2(C)C)c1O. The Bertz CT molecular complexity index is 438. The first-order valence-electron chi connectivity index (χ1n) is 6.40. The molecule has 3 nitrogen and oxygen atoms in total. The Morgan fingerprint density at radius 1 is 1.22 bits per heavy atom. The number of hydrogen-bond acceptors (Lipinski definition) is 3. The van der Waals surface area contributed by atoms with Crippen LogP contribution in [-0.4, -0.2) is 18.3 Å². The second kappa shape index (κ2) is 4.16. The van der Waals surface area contributed by atoms with Crippen LogP contribution in [0.2, 0.25) is 0 Å². The Balaban J connectivity index is 2.05. The van der Waals surface area contributed by atoms with E-state index in [2.05, 4.69) is 33.0 Å². The van der Waals surface area contributed by atoms with Gasteiger partial charge in [0.1, 0.15) is 0 Å². The van der Waals surface area contributed by atoms with E-state index in [-0.39, 0.29) is 5.75 Å². The Morgan fingerprint density at radius 3 is 2.33 bits per heavy atom. The predicted molar refractivity (Wildman–Crippen MR) is 72.8 cm³/mol. The lowest BCUT2D eigenvalue weighted by atomic mass is 10.0. The molecule has 1 aliphatic carbocycles. The van der Waals surface area contributed by atoms with Crippen LogP contribution in [0.5, 0.6) is 11.5 Å². The molecule has 3 heteroatoms. The maximum atomic E-state index is 10.0. The molecule has 2 N–H and O–H groups in total. The monoisotopic (exact) mass is 249 g/mol. The van der Waals surface area contributed by atoms with Crippen LogP contribution in [0.15, 0.2) is 18.2 Å². The van der Waals surface area contributed by atoms with Crippen molar-refractivity contribution in [1.82, 2.24) is 5.32 Å². The van der Waals surface area contributed by atoms with Gasteiger partial charge in [0.2, 0.25) is 0 Å². The van der Waals surface area contributed by atoms with Gasteiger partial charge in [-0.25, -0.2) is 0 Å². The molecule has 1 saturated carbocycles. The highest BCUT2D eigenvalue weighted by Crippen LogP contribution is 2.62. The summed E-state index contributed by atoms with van der Waals surface area (Å²) < 4.78 is 5.11. The van der Waals surface area contributed by atoms with Gasteiger partial charge in [-0.15, -0.1) is 0 Å². The number of phenols is 1. The molecule has 100 valence electrons. The number of ether oxygens (including phenoxy) is 1. The number of aromatic hydroxyl groups is 1. The van der Waals surface area contributed by atoms with E-state index in [1.807, 2.05) is 12.1 Å². The molecule has 18 heavy (non-hydrogen) atoms. The van der Waals surface area contributed by atoms with Gasteiger partial charge in [-0.05, 0) is 16.9 Å². The molecule has 1 aliphatic rings. The Morgan fingerprint density at radius 2 is 1.83 bits per heavy atom. The molecule has 2 rings (SSSR count). The van der Waals surface area contributed by atoms with E-state index in [1.165, 1.54) is 0 Å². The maximum absolute atomic E-state index is 10.0. The third kappa shape index (κ3) is 1.87. The van der Waals surface area contributed by atoms with Crippen molar-refractivity contribution in [2.75, 3.05) is 7.11 Å². The van der Waals surface area contributed by atoms with Gasteiger partial charge < -0.3 is 15.2 Å². The molecule has 0 spiro atoms. The van der Waals surface area contributed by atoms with Crippen LogP contribution in [0.1, 0.15) is 33.3 Å². The van der Waals surface area contributed by atoms with Crippen molar-refractivity contribution < 1.29 is 9.84 Å². The fourth-order valence-electron chi connectivity index (χ4n) is 2.79. The Kier molecular flexibility index (Phi) is 3.06. The third-order valence-electron chi connectivity index (χ3n) is 4.82. The standard InChI is InChI=1S/C15H23NO2/c1-14(2)13(15(14,3)4)16-9-10-7-6-8-11(18-5)12(10)17/h6-8,13,16-17H,9H2,1-5H3. The summed E-state index contributed by atoms with van der Waals surface area (Å²) in [6.45, 7) is 9.76. The zero-order chi connectivity index (χ0) is 13.6. The summed E-state index contributed by atoms with van der Waals surface area (Å²) in [5.41, 5.74) is 1.50. The van der Waals surface area contributed by atoms with E-state index in [0.29, 0.717) is 29.2 Å². The number of rotatable bonds is 4. The molecule has 0 radical (unpaired) electrons. The molecule has 0 aliphatic heterocycles. The minimum absolute atomic E-state index is 0.240. The van der Waals surface area contributed by atoms with Crippen LogP contribution in [0.4, 0.5) is 0 Å². The van der Waals surface area contributed by atoms with Crippen LogP contribution in [0.25, 0.3) is 0 Å². The van der Waals surface area contributed by atoms with Gasteiger partial charge in [-0.2, -0.15) is 0 Å². The normalized spacial score (nSPS) is 20.7. The molecule has 0 aromatic heterocycles. The van der Waals surface area contributed by atoms with Gasteiger partial charge in [-0.3, -0.25) is 0 Å². The van der Waals surface area contributed by atoms with Crippen molar-refractivity contribution >= 4 is 0 Å². The van der Waals surface area contributed by atoms with Crippen LogP contribution in [0, 0.1) is 10.8 Å². The van der Waals surface area contributed by atoms with E-state index >= 15 is 0 Å². The summed E-state index contributed by atoms with van der Waals surface area (Å²) in [6.07, 6.45) is 0. The van der Waals surface area contributed by atoms with Gasteiger partial charge in [0.05, 0.1) is 7.11 Å². The van der Waals surface area contributed by atoms with Crippen molar-refractivity contribution in [3.63, 3.8) is 0 Å². The average Bonchev–Trinajstić information content (AvgIpc) is 2.69. The van der Waals surface area contributed by atoms with E-state index in [9.17, 15) is 5.11 Å². The van der Waals surface area contributed by atoms with Gasteiger partial charge in [0, 0.05) is 18.2 Å². The van der Waals surface area contributed by atoms with Crippen molar-refractivity contribution in [1.29, 1.82) is 0 Å². The van der Waals surface area contributed by atoms with E-state index in [4.69, 9.17) is 4.74 Å². The zero-order valence-electron chi connectivity index (χ0n) is 11.9. The fourth-order valence-corrected chi connectivity index (χ4v) is 2.79. The number of methoxy groups -OCH3 is 1. The first-order valence-corrected chi connectivity index (χ1v) is 6.40. The van der Waals surface area contributed by atoms with Crippen LogP contribution in [0.3, 0.4) is 0 Å². The first-order chi connectivity index (χ1) is 8.32. The lowest BCUT2D eigenvalue weighted by molar-refractivity contribution is 0.369. The zero-order valence-corrected chi connectivity index (χ0v) is 11.9. The number of benzene rings is 1. The molecular weight excluding hydrogens is 226 g/mol. The largest absolute Gasteiger partial charge is 0.504 e. The highest BCUT2D eigenvalue weighted by atomic mass is 16.5. The maximum Gasteiger partial charge on any atom is 0.162 e. The van der Waals surface area contributed by atoms with Crippen LogP contribution >= 0.6 is 0 Å². The second-order valence-corrected chi connectivity index (χ2v) is 6.23. The van der Waals surface area contributed by atoms with Crippen LogP contribution < -0.4 is 10.1 Å². The van der Waals surface area contributed by atoms with Crippen molar-refractivity contribution in [3.05, 3.63) is 23.8 Å². The minimum atomic E-state index is 0.240. The third-order valence-corrected chi connectivity index (χ3v) is 4.82. The number of nitrogens with one attached hydrogen (secondary N) is 1. The fraction of sp³-hybridized carbons (Fsp3) is 0.600. The number of para-hydroxylation sites is 1. The molecule has 1 aromatic carbocycles. The number of phenolic OH excluding ortho intramolecular Hbond substituents is 1. The molecule has 0 atom stereocenters. The van der Waals surface area contributed by atoms with Crippen molar-refractivity contribution in [3.8, 4) is 11.5 Å². The average molecular weight is 249 g/mol. The quantitative estimate of drug-likeness (QED) is 0.862. The summed E-state index contributed by atoms with van der Waals surface area (Å²) in [5, 5.41) is 13.5. The van der Waals surface area contributed by atoms with E-state index in [1.54, 1.807) is 13.2 Å². The van der Waals surface area contributed by atoms with E-state index in [0.717, 1.165) is 5.56 Å². The summed E-state index contributed by atoms with van der Waals surface area (Å²) >= 11 is 0. The van der Waals surface area contributed by atoms with Crippen molar-refractivity contribution in [2.45, 2.75) is 40.3 Å². The minimum Gasteiger partial charge on any atom is -0.504 e. The lowest BCUT2D eigenvalue weighted by Gasteiger charge is -2.10. The molecule has 0 heterocycles. The molecule has 0 saturated heterocycles. The molecule has 1 fully saturated rings. The summed E-state index contributed by atoms with van der Waals surface area (Å²) in [4.78, 5) is 0. The van der Waals surface area contributed by atoms with Gasteiger partial charge in [0.25, 0.3) is 0 Å². The highest BCUT2D eigenvalue weighted by molar-refractivity contribution is 5.45. The van der Waals surface area contributed by atoms with Crippen LogP contribution in [-0.2, 0) is 6.54 Å². The summed E-state index contributed by atoms with van der Waals surface area (Å²) in [7, 11) is 1.57. The van der Waals surface area contributed by atoms with Gasteiger partial charge in [-0.1, -0.05) is 39.8 Å².